The fourth-order valence-corrected chi connectivity index (χ4v) is 1.64. The van der Waals surface area contributed by atoms with Crippen LogP contribution >= 0.6 is 0 Å². The summed E-state index contributed by atoms with van der Waals surface area (Å²) in [6, 6.07) is 8.61. The Morgan fingerprint density at radius 1 is 1.36 bits per heavy atom. The molecule has 0 saturated heterocycles. The minimum Gasteiger partial charge on any atom is -0.367 e. The van der Waals surface area contributed by atoms with Crippen LogP contribution in [0.1, 0.15) is 12.0 Å². The van der Waals surface area contributed by atoms with E-state index in [1.165, 1.54) is 11.3 Å². The van der Waals surface area contributed by atoms with Gasteiger partial charge in [0.2, 0.25) is 0 Å². The highest BCUT2D eigenvalue weighted by molar-refractivity contribution is 5.49. The summed E-state index contributed by atoms with van der Waals surface area (Å²) in [5, 5.41) is 0. The molecule has 1 heteroatoms. The van der Waals surface area contributed by atoms with Crippen molar-refractivity contribution in [3.63, 3.8) is 0 Å². The lowest BCUT2D eigenvalue weighted by Crippen LogP contribution is -2.23. The Bertz CT molecular complexity index is 373. The average molecular weight is 184 g/mol. The summed E-state index contributed by atoms with van der Waals surface area (Å²) in [5.74, 6) is 0. The molecule has 1 nitrogen and oxygen atoms in total. The van der Waals surface area contributed by atoms with Crippen LogP contribution in [-0.2, 0) is 0 Å². The van der Waals surface area contributed by atoms with Crippen molar-refractivity contribution in [3.8, 4) is 0 Å². The van der Waals surface area contributed by atoms with E-state index < -0.39 is 0 Å². The summed E-state index contributed by atoms with van der Waals surface area (Å²) in [4.78, 5) is 2.35. The molecule has 0 unspecified atom stereocenters. The van der Waals surface area contributed by atoms with Crippen molar-refractivity contribution in [3.05, 3.63) is 47.7 Å². The number of hydrogen-bond acceptors (Lipinski definition) is 1. The third-order valence-corrected chi connectivity index (χ3v) is 2.39. The van der Waals surface area contributed by atoms with E-state index in [1.807, 2.05) is 6.08 Å². The minimum atomic E-state index is 0.941. The van der Waals surface area contributed by atoms with Crippen molar-refractivity contribution >= 4 is 5.69 Å². The van der Waals surface area contributed by atoms with Crippen LogP contribution in [0.2, 0.25) is 0 Å². The number of hydrogen-bond donors (Lipinski definition) is 0. The minimum absolute atomic E-state index is 0.941. The van der Waals surface area contributed by atoms with Crippen LogP contribution in [0.4, 0.5) is 5.69 Å². The highest BCUT2D eigenvalue weighted by Crippen LogP contribution is 2.16. The van der Waals surface area contributed by atoms with E-state index in [0.29, 0.717) is 0 Å². The molecule has 14 heavy (non-hydrogen) atoms. The van der Waals surface area contributed by atoms with Crippen LogP contribution in [0.15, 0.2) is 36.1 Å². The van der Waals surface area contributed by atoms with E-state index in [2.05, 4.69) is 47.9 Å². The zero-order valence-electron chi connectivity index (χ0n) is 8.46. The van der Waals surface area contributed by atoms with E-state index in [4.69, 9.17) is 0 Å². The quantitative estimate of drug-likeness (QED) is 0.606. The Labute approximate surface area is 85.4 Å². The molecular formula is C13H14N. The maximum Gasteiger partial charge on any atom is 0.0434 e. The standard InChI is InChI=1S/C13H14N/c1-12-7-6-8-13(11-12)14-9-4-2-3-5-10-14/h4,6-8,11H,5,9-10H2,1H3. The number of anilines is 1. The summed E-state index contributed by atoms with van der Waals surface area (Å²) in [7, 11) is 0. The molecule has 1 aromatic carbocycles. The van der Waals surface area contributed by atoms with Gasteiger partial charge in [0, 0.05) is 24.9 Å². The number of benzene rings is 1. The highest BCUT2D eigenvalue weighted by atomic mass is 15.1. The van der Waals surface area contributed by atoms with E-state index in [0.717, 1.165) is 19.5 Å². The molecular weight excluding hydrogens is 170 g/mol. The van der Waals surface area contributed by atoms with Crippen LogP contribution in [0, 0.1) is 13.0 Å². The smallest absolute Gasteiger partial charge is 0.0434 e. The second-order valence-corrected chi connectivity index (χ2v) is 3.56. The molecule has 0 spiro atoms. The fourth-order valence-electron chi connectivity index (χ4n) is 1.64. The van der Waals surface area contributed by atoms with Gasteiger partial charge in [-0.1, -0.05) is 12.1 Å². The molecule has 0 saturated carbocycles. The molecule has 0 atom stereocenters. The number of aryl methyl sites for hydroxylation is 1. The summed E-state index contributed by atoms with van der Waals surface area (Å²) >= 11 is 0. The van der Waals surface area contributed by atoms with Gasteiger partial charge in [-0.15, -0.1) is 5.73 Å². The molecule has 1 aliphatic heterocycles. The molecule has 0 aromatic heterocycles. The Hall–Kier alpha value is -1.46. The Kier molecular flexibility index (Phi) is 2.71. The highest BCUT2D eigenvalue weighted by Gasteiger charge is 2.04. The predicted octanol–water partition coefficient (Wildman–Crippen LogP) is 2.72. The Balaban J connectivity index is 2.18. The summed E-state index contributed by atoms with van der Waals surface area (Å²) in [6.45, 7) is 4.10. The number of nitrogens with zero attached hydrogens (tertiary/aromatic N) is 1. The van der Waals surface area contributed by atoms with Crippen molar-refractivity contribution < 1.29 is 0 Å². The molecule has 1 aliphatic rings. The first-order valence-corrected chi connectivity index (χ1v) is 4.98. The van der Waals surface area contributed by atoms with Crippen LogP contribution in [0.5, 0.6) is 0 Å². The first-order chi connectivity index (χ1) is 6.86. The zero-order chi connectivity index (χ0) is 9.80. The lowest BCUT2D eigenvalue weighted by Gasteiger charge is -2.21. The van der Waals surface area contributed by atoms with Gasteiger partial charge in [0.1, 0.15) is 0 Å². The summed E-state index contributed by atoms with van der Waals surface area (Å²) in [5.41, 5.74) is 5.66. The lowest BCUT2D eigenvalue weighted by atomic mass is 10.2. The van der Waals surface area contributed by atoms with E-state index in [-0.39, 0.29) is 0 Å². The fraction of sp³-hybridized carbons (Fsp3) is 0.308. The number of rotatable bonds is 1. The monoisotopic (exact) mass is 184 g/mol. The van der Waals surface area contributed by atoms with E-state index >= 15 is 0 Å². The molecule has 0 N–H and O–H groups in total. The van der Waals surface area contributed by atoms with Crippen molar-refractivity contribution in [1.29, 1.82) is 0 Å². The molecule has 0 fully saturated rings. The van der Waals surface area contributed by atoms with Crippen molar-refractivity contribution in [1.82, 2.24) is 0 Å². The molecule has 71 valence electrons. The van der Waals surface area contributed by atoms with Gasteiger partial charge in [0.05, 0.1) is 0 Å². The van der Waals surface area contributed by atoms with Gasteiger partial charge in [-0.3, -0.25) is 0 Å². The van der Waals surface area contributed by atoms with E-state index in [9.17, 15) is 0 Å². The SMILES string of the molecule is Cc1cccc(N2CC=C=[C]CC2)c1. The van der Waals surface area contributed by atoms with Crippen LogP contribution in [0.25, 0.3) is 0 Å². The maximum atomic E-state index is 3.11. The first-order valence-electron chi connectivity index (χ1n) is 4.98. The first kappa shape index (κ1) is 9.11. The maximum absolute atomic E-state index is 3.11. The molecule has 1 heterocycles. The topological polar surface area (TPSA) is 3.24 Å². The lowest BCUT2D eigenvalue weighted by molar-refractivity contribution is 0.855. The predicted molar refractivity (Wildman–Crippen MR) is 59.3 cm³/mol. The van der Waals surface area contributed by atoms with E-state index in [1.54, 1.807) is 0 Å². The normalized spacial score (nSPS) is 15.6. The van der Waals surface area contributed by atoms with Crippen LogP contribution in [0.3, 0.4) is 0 Å². The summed E-state index contributed by atoms with van der Waals surface area (Å²) < 4.78 is 0. The zero-order valence-corrected chi connectivity index (χ0v) is 8.46. The molecule has 0 amide bonds. The van der Waals surface area contributed by atoms with Crippen molar-refractivity contribution in [2.24, 2.45) is 0 Å². The van der Waals surface area contributed by atoms with Gasteiger partial charge in [-0.2, -0.15) is 0 Å². The largest absolute Gasteiger partial charge is 0.367 e. The van der Waals surface area contributed by atoms with Crippen molar-refractivity contribution in [2.45, 2.75) is 13.3 Å². The molecule has 0 aliphatic carbocycles. The third-order valence-electron chi connectivity index (χ3n) is 2.39. The van der Waals surface area contributed by atoms with Gasteiger partial charge < -0.3 is 4.90 Å². The molecule has 2 rings (SSSR count). The van der Waals surface area contributed by atoms with Gasteiger partial charge in [0.25, 0.3) is 0 Å². The molecule has 0 bridgehead atoms. The van der Waals surface area contributed by atoms with Gasteiger partial charge in [-0.05, 0) is 37.1 Å². The molecule has 1 aromatic rings. The molecule has 1 radical (unpaired) electrons. The Morgan fingerprint density at radius 3 is 3.14 bits per heavy atom. The van der Waals surface area contributed by atoms with Gasteiger partial charge >= 0.3 is 0 Å². The van der Waals surface area contributed by atoms with Gasteiger partial charge in [-0.25, -0.2) is 0 Å². The van der Waals surface area contributed by atoms with Crippen LogP contribution in [-0.4, -0.2) is 13.1 Å². The second kappa shape index (κ2) is 4.17. The Morgan fingerprint density at radius 2 is 2.29 bits per heavy atom. The van der Waals surface area contributed by atoms with Crippen molar-refractivity contribution in [2.75, 3.05) is 18.0 Å². The summed E-state index contributed by atoms with van der Waals surface area (Å²) in [6.07, 6.45) is 6.11. The average Bonchev–Trinajstić information content (AvgIpc) is 2.45. The van der Waals surface area contributed by atoms with Gasteiger partial charge in [0.15, 0.2) is 0 Å². The van der Waals surface area contributed by atoms with Crippen LogP contribution < -0.4 is 4.90 Å². The second-order valence-electron chi connectivity index (χ2n) is 3.56. The third kappa shape index (κ3) is 2.07.